The van der Waals surface area contributed by atoms with Crippen LogP contribution in [0.5, 0.6) is 11.5 Å². The summed E-state index contributed by atoms with van der Waals surface area (Å²) in [6.45, 7) is 8.34. The van der Waals surface area contributed by atoms with Crippen LogP contribution in [0.2, 0.25) is 5.02 Å². The van der Waals surface area contributed by atoms with Gasteiger partial charge in [-0.3, -0.25) is 4.79 Å². The smallest absolute Gasteiger partial charge is 0.416 e. The highest BCUT2D eigenvalue weighted by atomic mass is 35.5. The lowest BCUT2D eigenvalue weighted by molar-refractivity contribution is -0.175. The second-order valence-electron chi connectivity index (χ2n) is 18.6. The molecule has 8 atom stereocenters. The summed E-state index contributed by atoms with van der Waals surface area (Å²) in [6, 6.07) is 10.9. The maximum absolute atomic E-state index is 15.2. The van der Waals surface area contributed by atoms with Gasteiger partial charge in [-0.15, -0.1) is 0 Å². The molecule has 3 fully saturated rings. The minimum absolute atomic E-state index is 0.0200. The number of carbonyl (C=O) groups excluding carboxylic acids is 2. The lowest BCUT2D eigenvalue weighted by atomic mass is 9.32. The number of furan rings is 1. The lowest BCUT2D eigenvalue weighted by Gasteiger charge is -2.71. The number of halogens is 4. The van der Waals surface area contributed by atoms with Gasteiger partial charge in [-0.05, 0) is 119 Å². The molecule has 0 aliphatic heterocycles. The largest absolute Gasteiger partial charge is 0.497 e. The van der Waals surface area contributed by atoms with Crippen LogP contribution >= 0.6 is 11.6 Å². The van der Waals surface area contributed by atoms with Crippen molar-refractivity contribution in [2.75, 3.05) is 20.8 Å². The van der Waals surface area contributed by atoms with Crippen LogP contribution in [0.4, 0.5) is 18.0 Å². The van der Waals surface area contributed by atoms with E-state index in [1.165, 1.54) is 18.2 Å². The Morgan fingerprint density at radius 1 is 0.967 bits per heavy atom. The van der Waals surface area contributed by atoms with Crippen molar-refractivity contribution >= 4 is 23.4 Å². The number of ether oxygens (including phenoxy) is 2. The van der Waals surface area contributed by atoms with Crippen molar-refractivity contribution in [3.63, 3.8) is 0 Å². The zero-order valence-corrected chi connectivity index (χ0v) is 35.7. The molecule has 9 nitrogen and oxygen atoms in total. The van der Waals surface area contributed by atoms with E-state index in [-0.39, 0.29) is 70.3 Å². The number of ketones is 1. The van der Waals surface area contributed by atoms with Crippen LogP contribution in [0.15, 0.2) is 76.7 Å². The molecule has 0 radical (unpaired) electrons. The van der Waals surface area contributed by atoms with E-state index in [0.29, 0.717) is 55.6 Å². The van der Waals surface area contributed by atoms with Gasteiger partial charge in [0.15, 0.2) is 5.76 Å². The Kier molecular flexibility index (Phi) is 10.4. The maximum Gasteiger partial charge on any atom is 0.416 e. The second kappa shape index (κ2) is 14.7. The first-order valence-electron chi connectivity index (χ1n) is 20.9. The van der Waals surface area contributed by atoms with Crippen LogP contribution in [0.1, 0.15) is 94.3 Å². The van der Waals surface area contributed by atoms with Crippen molar-refractivity contribution in [2.45, 2.75) is 103 Å². The van der Waals surface area contributed by atoms with Crippen LogP contribution in [0, 0.1) is 33.5 Å². The molecule has 322 valence electrons. The number of alkyl halides is 3. The van der Waals surface area contributed by atoms with Gasteiger partial charge in [-0.25, -0.2) is 4.79 Å². The molecular weight excluding hydrogens is 797 g/mol. The molecule has 2 aromatic carbocycles. The van der Waals surface area contributed by atoms with E-state index in [0.717, 1.165) is 24.1 Å². The Balaban J connectivity index is 1.19. The normalized spacial score (nSPS) is 32.8. The van der Waals surface area contributed by atoms with Crippen LogP contribution in [0.25, 0.3) is 11.3 Å². The van der Waals surface area contributed by atoms with Crippen LogP contribution in [-0.4, -0.2) is 65.4 Å². The molecule has 60 heavy (non-hydrogen) atoms. The number of aliphatic hydroxyl groups is 2. The molecule has 13 heteroatoms. The Bertz CT molecular complexity index is 2270. The molecule has 0 saturated heterocycles. The monoisotopic (exact) mass is 850 g/mol. The number of nitrogens with zero attached hydrogens (tertiary/aromatic N) is 1. The maximum atomic E-state index is 15.2. The highest BCUT2D eigenvalue weighted by Gasteiger charge is 2.74. The molecule has 3 aromatic rings. The summed E-state index contributed by atoms with van der Waals surface area (Å²) in [4.78, 5) is 30.8. The SMILES string of the molecule is COc1ccc(CN(C[C@]2(O)CC[C@H]3[C@]45C=C[C@@]6(C=C4C(=O)c4ccc(-c7cc(C(F)(F)F)ccc7Cl)o4)CC(O)CC[C@]6(C)[C@H]5CC[C@@]32C)C(=O)NC(C)C)c(OC)c1. The minimum Gasteiger partial charge on any atom is -0.497 e. The average molecular weight is 851 g/mol. The Labute approximate surface area is 353 Å². The van der Waals surface area contributed by atoms with Crippen molar-refractivity contribution in [3.8, 4) is 22.8 Å². The van der Waals surface area contributed by atoms with Crippen molar-refractivity contribution in [3.05, 3.63) is 94.2 Å². The fourth-order valence-corrected chi connectivity index (χ4v) is 12.5. The number of allylic oxidation sites excluding steroid dienone is 4. The van der Waals surface area contributed by atoms with E-state index in [1.54, 1.807) is 25.2 Å². The molecule has 1 aromatic heterocycles. The summed E-state index contributed by atoms with van der Waals surface area (Å²) < 4.78 is 58.4. The number of rotatable bonds is 10. The van der Waals surface area contributed by atoms with Crippen molar-refractivity contribution < 1.29 is 46.9 Å². The fraction of sp³-hybridized carbons (Fsp3) is 0.532. The van der Waals surface area contributed by atoms with Gasteiger partial charge < -0.3 is 34.3 Å². The highest BCUT2D eigenvalue weighted by molar-refractivity contribution is 6.33. The number of amides is 2. The molecule has 2 bridgehead atoms. The van der Waals surface area contributed by atoms with Gasteiger partial charge in [0.2, 0.25) is 5.78 Å². The van der Waals surface area contributed by atoms with Gasteiger partial charge in [0.05, 0.1) is 49.6 Å². The summed E-state index contributed by atoms with van der Waals surface area (Å²) in [6.07, 6.45) is 5.38. The first-order chi connectivity index (χ1) is 28.2. The number of aliphatic hydroxyl groups excluding tert-OH is 1. The molecule has 1 heterocycles. The minimum atomic E-state index is -4.61. The number of urea groups is 1. The summed E-state index contributed by atoms with van der Waals surface area (Å²) in [7, 11) is 3.13. The Morgan fingerprint density at radius 3 is 2.38 bits per heavy atom. The van der Waals surface area contributed by atoms with Gasteiger partial charge in [-0.2, -0.15) is 13.2 Å². The van der Waals surface area contributed by atoms with Crippen molar-refractivity contribution in [1.29, 1.82) is 0 Å². The number of carbonyl (C=O) groups is 2. The van der Waals surface area contributed by atoms with Gasteiger partial charge in [-0.1, -0.05) is 43.7 Å². The van der Waals surface area contributed by atoms with E-state index >= 15 is 4.79 Å². The van der Waals surface area contributed by atoms with E-state index in [9.17, 15) is 28.2 Å². The number of fused-ring (bicyclic) bond motifs is 1. The van der Waals surface area contributed by atoms with E-state index < -0.39 is 39.7 Å². The highest BCUT2D eigenvalue weighted by Crippen LogP contribution is 2.78. The number of Topliss-reactive ketones (excluding diaryl/α,β-unsaturated/α-hetero) is 1. The van der Waals surface area contributed by atoms with Crippen LogP contribution < -0.4 is 14.8 Å². The predicted molar refractivity (Wildman–Crippen MR) is 221 cm³/mol. The zero-order valence-electron chi connectivity index (χ0n) is 34.9. The van der Waals surface area contributed by atoms with Crippen molar-refractivity contribution in [1.82, 2.24) is 10.2 Å². The summed E-state index contributed by atoms with van der Waals surface area (Å²) >= 11 is 6.40. The number of hydrogen-bond donors (Lipinski definition) is 3. The summed E-state index contributed by atoms with van der Waals surface area (Å²) in [5.74, 6) is 0.517. The molecule has 2 spiro atoms. The summed E-state index contributed by atoms with van der Waals surface area (Å²) in [5, 5.41) is 27.3. The van der Waals surface area contributed by atoms with E-state index in [2.05, 4.69) is 37.4 Å². The number of nitrogens with one attached hydrogen (secondary N) is 1. The standard InChI is InChI=1S/C47H54ClF3N2O7/c1-27(2)52-41(56)53(25-28-7-9-31(58-5)22-37(28)59-6)26-45(57)18-15-39-43(45,4)17-14-38-42(3)16-13-30(54)23-44(42)19-20-46(38,39)33(24-44)40(55)36-12-11-35(60-36)32-21-29(47(49,50)51)8-10-34(32)48/h7-12,19-22,24,27,30,38-39,54,57H,13-18,23,25-26H2,1-6H3,(H,52,56)/t30?,38-,39-,42-,43+,44+,45-,46-/m1/s1. The molecule has 3 saturated carbocycles. The lowest BCUT2D eigenvalue weighted by Crippen LogP contribution is -2.67. The second-order valence-corrected chi connectivity index (χ2v) is 19.0. The van der Waals surface area contributed by atoms with Crippen LogP contribution in [0.3, 0.4) is 0 Å². The third-order valence-corrected chi connectivity index (χ3v) is 15.7. The number of benzene rings is 2. The van der Waals surface area contributed by atoms with Crippen LogP contribution in [-0.2, 0) is 12.7 Å². The van der Waals surface area contributed by atoms with Crippen molar-refractivity contribution in [2.24, 2.45) is 33.5 Å². The third-order valence-electron chi connectivity index (χ3n) is 15.4. The molecular formula is C47H54ClF3N2O7. The van der Waals surface area contributed by atoms with E-state index in [4.69, 9.17) is 25.5 Å². The number of hydrogen-bond acceptors (Lipinski definition) is 7. The zero-order chi connectivity index (χ0) is 43.2. The first-order valence-corrected chi connectivity index (χ1v) is 21.2. The predicted octanol–water partition coefficient (Wildman–Crippen LogP) is 10.0. The van der Waals surface area contributed by atoms with Gasteiger partial charge in [0.1, 0.15) is 17.3 Å². The quantitative estimate of drug-likeness (QED) is 0.137. The Morgan fingerprint density at radius 2 is 1.68 bits per heavy atom. The average Bonchev–Trinajstić information content (AvgIpc) is 3.79. The Hall–Kier alpha value is -4.26. The van der Waals surface area contributed by atoms with Gasteiger partial charge >= 0.3 is 12.2 Å². The molecule has 3 N–H and O–H groups in total. The molecule has 2 amide bonds. The van der Waals surface area contributed by atoms with Gasteiger partial charge in [0.25, 0.3) is 0 Å². The topological polar surface area (TPSA) is 121 Å². The molecule has 1 unspecified atom stereocenters. The first kappa shape index (κ1) is 42.4. The molecule has 6 aliphatic carbocycles. The third kappa shape index (κ3) is 6.41. The number of methoxy groups -OCH3 is 2. The van der Waals surface area contributed by atoms with Gasteiger partial charge in [0, 0.05) is 45.1 Å². The molecule has 6 aliphatic rings. The fourth-order valence-electron chi connectivity index (χ4n) is 12.3. The van der Waals surface area contributed by atoms with E-state index in [1.807, 2.05) is 26.0 Å². The molecule has 9 rings (SSSR count). The summed E-state index contributed by atoms with van der Waals surface area (Å²) in [5.41, 5.74) is -3.50.